The molecule has 4 nitrogen and oxygen atoms in total. The zero-order valence-electron chi connectivity index (χ0n) is 19.2. The zero-order valence-corrected chi connectivity index (χ0v) is 19.2. The van der Waals surface area contributed by atoms with Gasteiger partial charge in [-0.2, -0.15) is 5.10 Å². The second-order valence-corrected chi connectivity index (χ2v) is 11.7. The Balaban J connectivity index is 1.20. The molecule has 2 aromatic rings. The molecule has 0 saturated heterocycles. The molecule has 0 N–H and O–H groups in total. The molecule has 4 aliphatic rings. The predicted molar refractivity (Wildman–Crippen MR) is 122 cm³/mol. The summed E-state index contributed by atoms with van der Waals surface area (Å²) in [5, 5.41) is 5.50. The standard InChI is InChI=1S/C27H37N3O/c1-17-5-7-20-18(14-17)6-8-22-21(20)11-12-27(2)23(22)9-10-24(27)25(31)16-30-26-19(15-29-30)4-3-13-28-26/h3-4,13,15,17-18,20-24H,5-12,14,16H2,1-2H3. The topological polar surface area (TPSA) is 47.8 Å². The van der Waals surface area contributed by atoms with E-state index in [0.717, 1.165) is 53.0 Å². The monoisotopic (exact) mass is 419 g/mol. The number of fused-ring (bicyclic) bond motifs is 6. The number of hydrogen-bond donors (Lipinski definition) is 0. The van der Waals surface area contributed by atoms with Crippen LogP contribution >= 0.6 is 0 Å². The van der Waals surface area contributed by atoms with Crippen molar-refractivity contribution in [1.82, 2.24) is 14.8 Å². The van der Waals surface area contributed by atoms with E-state index in [9.17, 15) is 4.79 Å². The molecular weight excluding hydrogens is 382 g/mol. The van der Waals surface area contributed by atoms with Crippen molar-refractivity contribution in [2.75, 3.05) is 0 Å². The van der Waals surface area contributed by atoms with E-state index in [2.05, 4.69) is 23.9 Å². The quantitative estimate of drug-likeness (QED) is 0.622. The van der Waals surface area contributed by atoms with Gasteiger partial charge in [0.05, 0.1) is 6.20 Å². The summed E-state index contributed by atoms with van der Waals surface area (Å²) in [5.41, 5.74) is 1.03. The third-order valence-electron chi connectivity index (χ3n) is 10.3. The molecular formula is C27H37N3O. The van der Waals surface area contributed by atoms with Crippen LogP contribution in [-0.2, 0) is 11.3 Å². The summed E-state index contributed by atoms with van der Waals surface area (Å²) >= 11 is 0. The van der Waals surface area contributed by atoms with E-state index < -0.39 is 0 Å². The highest BCUT2D eigenvalue weighted by Crippen LogP contribution is 2.64. The van der Waals surface area contributed by atoms with Gasteiger partial charge in [0.25, 0.3) is 0 Å². The molecule has 8 unspecified atom stereocenters. The summed E-state index contributed by atoms with van der Waals surface area (Å²) in [7, 11) is 0. The Bertz CT molecular complexity index is 982. The lowest BCUT2D eigenvalue weighted by Crippen LogP contribution is -2.49. The van der Waals surface area contributed by atoms with Crippen molar-refractivity contribution in [2.24, 2.45) is 46.8 Å². The van der Waals surface area contributed by atoms with Gasteiger partial charge in [0.1, 0.15) is 6.54 Å². The van der Waals surface area contributed by atoms with Gasteiger partial charge in [-0.3, -0.25) is 4.79 Å². The average Bonchev–Trinajstić information content (AvgIpc) is 3.34. The summed E-state index contributed by atoms with van der Waals surface area (Å²) in [6, 6.07) is 3.95. The minimum absolute atomic E-state index is 0.198. The lowest BCUT2D eigenvalue weighted by molar-refractivity contribution is -0.131. The molecule has 166 valence electrons. The fourth-order valence-electron chi connectivity index (χ4n) is 8.90. The van der Waals surface area contributed by atoms with Crippen molar-refractivity contribution in [3.63, 3.8) is 0 Å². The van der Waals surface area contributed by atoms with Crippen LogP contribution in [0.5, 0.6) is 0 Å². The molecule has 4 fully saturated rings. The zero-order chi connectivity index (χ0) is 21.2. The first-order valence-electron chi connectivity index (χ1n) is 12.8. The van der Waals surface area contributed by atoms with Crippen molar-refractivity contribution >= 4 is 16.8 Å². The predicted octanol–water partition coefficient (Wildman–Crippen LogP) is 5.91. The molecule has 2 aromatic heterocycles. The number of nitrogens with zero attached hydrogens (tertiary/aromatic N) is 3. The van der Waals surface area contributed by atoms with E-state index in [1.165, 1.54) is 51.4 Å². The maximum Gasteiger partial charge on any atom is 0.158 e. The van der Waals surface area contributed by atoms with Crippen molar-refractivity contribution in [3.8, 4) is 0 Å². The highest BCUT2D eigenvalue weighted by Gasteiger charge is 2.58. The fraction of sp³-hybridized carbons (Fsp3) is 0.741. The molecule has 0 bridgehead atoms. The van der Waals surface area contributed by atoms with Gasteiger partial charge in [0.15, 0.2) is 11.4 Å². The Morgan fingerprint density at radius 1 is 1.10 bits per heavy atom. The Labute approximate surface area is 186 Å². The first kappa shape index (κ1) is 19.9. The third-order valence-corrected chi connectivity index (χ3v) is 10.3. The Hall–Kier alpha value is -1.71. The molecule has 4 heteroatoms. The molecule has 31 heavy (non-hydrogen) atoms. The fourth-order valence-corrected chi connectivity index (χ4v) is 8.90. The minimum Gasteiger partial charge on any atom is -0.297 e. The van der Waals surface area contributed by atoms with Gasteiger partial charge < -0.3 is 0 Å². The number of rotatable bonds is 3. The molecule has 2 heterocycles. The molecule has 4 aliphatic carbocycles. The molecule has 6 rings (SSSR count). The number of carbonyl (C=O) groups is 1. The first-order chi connectivity index (χ1) is 15.0. The van der Waals surface area contributed by atoms with Crippen LogP contribution in [0, 0.1) is 46.8 Å². The number of pyridine rings is 1. The number of carbonyl (C=O) groups excluding carboxylic acids is 1. The third kappa shape index (κ3) is 3.11. The number of Topliss-reactive ketones (excluding diaryl/α,β-unsaturated/α-hetero) is 1. The summed E-state index contributed by atoms with van der Waals surface area (Å²) in [6.07, 6.45) is 15.9. The molecule has 0 spiro atoms. The smallest absolute Gasteiger partial charge is 0.158 e. The van der Waals surface area contributed by atoms with Crippen molar-refractivity contribution < 1.29 is 4.79 Å². The molecule has 0 aliphatic heterocycles. The second kappa shape index (κ2) is 7.42. The minimum atomic E-state index is 0.198. The van der Waals surface area contributed by atoms with Crippen LogP contribution in [0.1, 0.15) is 71.6 Å². The SMILES string of the molecule is CC1CCC2C(CCC3C2CCC2(C)C(C(=O)Cn4ncc5cccnc54)CCC32)C1. The van der Waals surface area contributed by atoms with Gasteiger partial charge >= 0.3 is 0 Å². The second-order valence-electron chi connectivity index (χ2n) is 11.7. The maximum atomic E-state index is 13.6. The van der Waals surface area contributed by atoms with Gasteiger partial charge in [-0.25, -0.2) is 9.67 Å². The molecule has 8 atom stereocenters. The van der Waals surface area contributed by atoms with Crippen LogP contribution in [0.25, 0.3) is 11.0 Å². The van der Waals surface area contributed by atoms with Crippen molar-refractivity contribution in [1.29, 1.82) is 0 Å². The van der Waals surface area contributed by atoms with Gasteiger partial charge in [-0.15, -0.1) is 0 Å². The molecule has 0 amide bonds. The highest BCUT2D eigenvalue weighted by atomic mass is 16.1. The number of aromatic nitrogens is 3. The first-order valence-corrected chi connectivity index (χ1v) is 12.8. The Morgan fingerprint density at radius 2 is 1.97 bits per heavy atom. The van der Waals surface area contributed by atoms with Crippen LogP contribution in [0.2, 0.25) is 0 Å². The van der Waals surface area contributed by atoms with Crippen LogP contribution in [-0.4, -0.2) is 20.5 Å². The van der Waals surface area contributed by atoms with Crippen molar-refractivity contribution in [3.05, 3.63) is 24.5 Å². The summed E-state index contributed by atoms with van der Waals surface area (Å²) in [6.45, 7) is 5.31. The van der Waals surface area contributed by atoms with Crippen LogP contribution in [0.4, 0.5) is 0 Å². The Morgan fingerprint density at radius 3 is 2.87 bits per heavy atom. The molecule has 0 aromatic carbocycles. The number of ketones is 1. The summed E-state index contributed by atoms with van der Waals surface area (Å²) in [4.78, 5) is 18.0. The van der Waals surface area contributed by atoms with E-state index >= 15 is 0 Å². The maximum absolute atomic E-state index is 13.6. The summed E-state index contributed by atoms with van der Waals surface area (Å²) < 4.78 is 1.83. The van der Waals surface area contributed by atoms with Gasteiger partial charge in [0.2, 0.25) is 0 Å². The normalized spacial score (nSPS) is 42.1. The number of hydrogen-bond acceptors (Lipinski definition) is 3. The largest absolute Gasteiger partial charge is 0.297 e. The van der Waals surface area contributed by atoms with Gasteiger partial charge in [-0.05, 0) is 104 Å². The Kier molecular flexibility index (Phi) is 4.77. The van der Waals surface area contributed by atoms with E-state index in [1.807, 2.05) is 23.0 Å². The summed E-state index contributed by atoms with van der Waals surface area (Å²) in [5.74, 6) is 6.08. The lowest BCUT2D eigenvalue weighted by atomic mass is 9.49. The van der Waals surface area contributed by atoms with Gasteiger partial charge in [0, 0.05) is 17.5 Å². The van der Waals surface area contributed by atoms with E-state index in [4.69, 9.17) is 0 Å². The molecule has 0 radical (unpaired) electrons. The van der Waals surface area contributed by atoms with E-state index in [0.29, 0.717) is 12.3 Å². The van der Waals surface area contributed by atoms with Crippen molar-refractivity contribution in [2.45, 2.75) is 78.2 Å². The average molecular weight is 420 g/mol. The van der Waals surface area contributed by atoms with Crippen LogP contribution < -0.4 is 0 Å². The van der Waals surface area contributed by atoms with E-state index in [1.54, 1.807) is 6.20 Å². The van der Waals surface area contributed by atoms with Gasteiger partial charge in [-0.1, -0.05) is 20.3 Å². The lowest BCUT2D eigenvalue weighted by Gasteiger charge is -2.56. The van der Waals surface area contributed by atoms with E-state index in [-0.39, 0.29) is 11.3 Å². The van der Waals surface area contributed by atoms with Crippen LogP contribution in [0.3, 0.4) is 0 Å². The molecule has 4 saturated carbocycles. The highest BCUT2D eigenvalue weighted by molar-refractivity contribution is 5.84. The van der Waals surface area contributed by atoms with Crippen LogP contribution in [0.15, 0.2) is 24.5 Å².